The molecule has 100 valence electrons. The number of pyridine rings is 1. The highest BCUT2D eigenvalue weighted by molar-refractivity contribution is 5.67. The smallest absolute Gasteiger partial charge is 0.162 e. The van der Waals surface area contributed by atoms with Gasteiger partial charge in [-0.3, -0.25) is 0 Å². The Bertz CT molecular complexity index is 692. The third-order valence-corrected chi connectivity index (χ3v) is 3.09. The van der Waals surface area contributed by atoms with Crippen molar-refractivity contribution in [2.75, 3.05) is 25.6 Å². The first-order chi connectivity index (χ1) is 9.81. The van der Waals surface area contributed by atoms with Crippen molar-refractivity contribution >= 4 is 5.82 Å². The number of nitrogens with one attached hydrogen (secondary N) is 1. The van der Waals surface area contributed by atoms with Gasteiger partial charge in [-0.1, -0.05) is 0 Å². The Balaban J connectivity index is 2.03. The topological polar surface area (TPSA) is 67.2 Å². The fourth-order valence-corrected chi connectivity index (χ4v) is 2.10. The van der Waals surface area contributed by atoms with E-state index < -0.39 is 0 Å². The summed E-state index contributed by atoms with van der Waals surface area (Å²) in [7, 11) is 1.75. The molecule has 5 nitrogen and oxygen atoms in total. The molecule has 0 saturated heterocycles. The summed E-state index contributed by atoms with van der Waals surface area (Å²) in [6.07, 6.45) is 0. The minimum Gasteiger partial charge on any atom is -0.486 e. The van der Waals surface area contributed by atoms with E-state index in [1.165, 1.54) is 0 Å². The van der Waals surface area contributed by atoms with E-state index in [9.17, 15) is 0 Å². The van der Waals surface area contributed by atoms with Crippen LogP contribution in [-0.4, -0.2) is 25.2 Å². The molecular weight excluding hydrogens is 254 g/mol. The first kappa shape index (κ1) is 12.3. The number of aromatic nitrogens is 1. The summed E-state index contributed by atoms with van der Waals surface area (Å²) in [6, 6.07) is 11.4. The number of ether oxygens (including phenoxy) is 2. The van der Waals surface area contributed by atoms with Crippen molar-refractivity contribution in [3.63, 3.8) is 0 Å². The molecule has 0 spiro atoms. The maximum absolute atomic E-state index is 9.00. The third kappa shape index (κ3) is 2.12. The molecule has 20 heavy (non-hydrogen) atoms. The van der Waals surface area contributed by atoms with E-state index in [1.54, 1.807) is 13.1 Å². The Kier molecular flexibility index (Phi) is 3.13. The highest BCUT2D eigenvalue weighted by atomic mass is 16.6. The van der Waals surface area contributed by atoms with E-state index in [0.29, 0.717) is 24.6 Å². The van der Waals surface area contributed by atoms with Crippen LogP contribution in [0.1, 0.15) is 5.56 Å². The van der Waals surface area contributed by atoms with Gasteiger partial charge in [-0.2, -0.15) is 5.26 Å². The van der Waals surface area contributed by atoms with Crippen LogP contribution in [0, 0.1) is 11.3 Å². The van der Waals surface area contributed by atoms with Crippen molar-refractivity contribution in [3.05, 3.63) is 35.9 Å². The molecule has 1 aromatic carbocycles. The minimum atomic E-state index is 0.522. The fraction of sp³-hybridized carbons (Fsp3) is 0.200. The van der Waals surface area contributed by atoms with Crippen molar-refractivity contribution in [1.82, 2.24) is 4.98 Å². The molecule has 0 unspecified atom stereocenters. The summed E-state index contributed by atoms with van der Waals surface area (Å²) in [6.45, 7) is 1.13. The number of fused-ring (bicyclic) bond motifs is 1. The lowest BCUT2D eigenvalue weighted by Gasteiger charge is -2.18. The predicted octanol–water partition coefficient (Wildman–Crippen LogP) is 2.43. The summed E-state index contributed by atoms with van der Waals surface area (Å²) >= 11 is 0. The molecule has 0 amide bonds. The van der Waals surface area contributed by atoms with E-state index in [-0.39, 0.29) is 0 Å². The molecule has 2 aromatic rings. The monoisotopic (exact) mass is 267 g/mol. The van der Waals surface area contributed by atoms with Gasteiger partial charge in [-0.25, -0.2) is 4.98 Å². The van der Waals surface area contributed by atoms with Crippen LogP contribution in [0.2, 0.25) is 0 Å². The summed E-state index contributed by atoms with van der Waals surface area (Å²) in [5.74, 6) is 2.05. The normalized spacial score (nSPS) is 12.6. The first-order valence-corrected chi connectivity index (χ1v) is 6.31. The Morgan fingerprint density at radius 3 is 2.70 bits per heavy atom. The number of rotatable bonds is 2. The zero-order valence-corrected chi connectivity index (χ0v) is 11.0. The number of hydrogen-bond acceptors (Lipinski definition) is 5. The average molecular weight is 267 g/mol. The molecule has 0 bridgehead atoms. The van der Waals surface area contributed by atoms with Crippen molar-refractivity contribution in [2.24, 2.45) is 0 Å². The van der Waals surface area contributed by atoms with Gasteiger partial charge >= 0.3 is 0 Å². The summed E-state index contributed by atoms with van der Waals surface area (Å²) < 4.78 is 11.1. The zero-order valence-electron chi connectivity index (χ0n) is 11.0. The lowest BCUT2D eigenvalue weighted by atomic mass is 10.1. The maximum atomic E-state index is 9.00. The number of anilines is 1. The Morgan fingerprint density at radius 1 is 1.15 bits per heavy atom. The van der Waals surface area contributed by atoms with Crippen LogP contribution in [0.25, 0.3) is 11.3 Å². The predicted molar refractivity (Wildman–Crippen MR) is 74.9 cm³/mol. The van der Waals surface area contributed by atoms with Gasteiger partial charge in [0.15, 0.2) is 11.5 Å². The molecular formula is C15H13N3O2. The SMILES string of the molecule is CNc1nc(-c2ccc3c(c2)OCCO3)ccc1C#N. The van der Waals surface area contributed by atoms with E-state index in [4.69, 9.17) is 14.7 Å². The van der Waals surface area contributed by atoms with Gasteiger partial charge in [-0.15, -0.1) is 0 Å². The van der Waals surface area contributed by atoms with Crippen LogP contribution >= 0.6 is 0 Å². The van der Waals surface area contributed by atoms with Crippen LogP contribution in [0.5, 0.6) is 11.5 Å². The molecule has 0 radical (unpaired) electrons. The average Bonchev–Trinajstić information content (AvgIpc) is 2.53. The van der Waals surface area contributed by atoms with Gasteiger partial charge in [-0.05, 0) is 30.3 Å². The van der Waals surface area contributed by atoms with E-state index in [0.717, 1.165) is 22.8 Å². The lowest BCUT2D eigenvalue weighted by Crippen LogP contribution is -2.15. The van der Waals surface area contributed by atoms with Crippen LogP contribution in [0.4, 0.5) is 5.82 Å². The van der Waals surface area contributed by atoms with Gasteiger partial charge in [0.2, 0.25) is 0 Å². The summed E-state index contributed by atoms with van der Waals surface area (Å²) in [5, 5.41) is 11.9. The van der Waals surface area contributed by atoms with Gasteiger partial charge in [0.25, 0.3) is 0 Å². The molecule has 0 aliphatic carbocycles. The van der Waals surface area contributed by atoms with Gasteiger partial charge in [0.05, 0.1) is 11.3 Å². The molecule has 0 fully saturated rings. The molecule has 0 saturated carbocycles. The molecule has 1 aliphatic heterocycles. The van der Waals surface area contributed by atoms with Crippen LogP contribution in [0.3, 0.4) is 0 Å². The largest absolute Gasteiger partial charge is 0.486 e. The second kappa shape index (κ2) is 5.10. The van der Waals surface area contributed by atoms with Gasteiger partial charge < -0.3 is 14.8 Å². The van der Waals surface area contributed by atoms with Crippen LogP contribution in [-0.2, 0) is 0 Å². The number of nitrogens with zero attached hydrogens (tertiary/aromatic N) is 2. The highest BCUT2D eigenvalue weighted by Crippen LogP contribution is 2.34. The maximum Gasteiger partial charge on any atom is 0.162 e. The second-order valence-corrected chi connectivity index (χ2v) is 4.31. The Hall–Kier alpha value is -2.74. The highest BCUT2D eigenvalue weighted by Gasteiger charge is 2.13. The van der Waals surface area contributed by atoms with E-state index >= 15 is 0 Å². The molecule has 1 N–H and O–H groups in total. The standard InChI is InChI=1S/C15H13N3O2/c1-17-15-11(9-16)2-4-12(18-15)10-3-5-13-14(8-10)20-7-6-19-13/h2-5,8H,6-7H2,1H3,(H,17,18). The fourth-order valence-electron chi connectivity index (χ4n) is 2.10. The number of hydrogen-bond donors (Lipinski definition) is 1. The Morgan fingerprint density at radius 2 is 1.95 bits per heavy atom. The van der Waals surface area contributed by atoms with Crippen molar-refractivity contribution in [1.29, 1.82) is 5.26 Å². The van der Waals surface area contributed by atoms with E-state index in [1.807, 2.05) is 24.3 Å². The van der Waals surface area contributed by atoms with Crippen LogP contribution < -0.4 is 14.8 Å². The molecule has 1 aliphatic rings. The second-order valence-electron chi connectivity index (χ2n) is 4.31. The quantitative estimate of drug-likeness (QED) is 0.905. The zero-order chi connectivity index (χ0) is 13.9. The van der Waals surface area contributed by atoms with Gasteiger partial charge in [0.1, 0.15) is 25.1 Å². The molecule has 1 aromatic heterocycles. The third-order valence-electron chi connectivity index (χ3n) is 3.09. The van der Waals surface area contributed by atoms with Crippen LogP contribution in [0.15, 0.2) is 30.3 Å². The van der Waals surface area contributed by atoms with Gasteiger partial charge in [0, 0.05) is 12.6 Å². The minimum absolute atomic E-state index is 0.522. The summed E-state index contributed by atoms with van der Waals surface area (Å²) in [4.78, 5) is 4.45. The summed E-state index contributed by atoms with van der Waals surface area (Å²) in [5.41, 5.74) is 2.23. The number of benzene rings is 1. The molecule has 3 rings (SSSR count). The molecule has 5 heteroatoms. The van der Waals surface area contributed by atoms with Crippen molar-refractivity contribution < 1.29 is 9.47 Å². The van der Waals surface area contributed by atoms with E-state index in [2.05, 4.69) is 16.4 Å². The van der Waals surface area contributed by atoms with Crippen molar-refractivity contribution in [2.45, 2.75) is 0 Å². The van der Waals surface area contributed by atoms with Crippen molar-refractivity contribution in [3.8, 4) is 28.8 Å². The lowest BCUT2D eigenvalue weighted by molar-refractivity contribution is 0.171. The number of nitriles is 1. The Labute approximate surface area is 116 Å². The first-order valence-electron chi connectivity index (χ1n) is 6.31. The molecule has 0 atom stereocenters. The molecule has 2 heterocycles.